The van der Waals surface area contributed by atoms with Crippen LogP contribution < -0.4 is 5.56 Å². The van der Waals surface area contributed by atoms with Crippen molar-refractivity contribution in [1.82, 2.24) is 7.99 Å². The molecule has 0 radical (unpaired) electrons. The van der Waals surface area contributed by atoms with Gasteiger partial charge >= 0.3 is 0 Å². The SMILES string of the molecule is CCc1cnn(I)c(=O)c1. The maximum Gasteiger partial charge on any atom is 0.276 e. The standard InChI is InChI=1S/C6H7IN2O/c1-2-5-3-6(10)9(7)8-4-5/h3-4H,2H2,1H3. The summed E-state index contributed by atoms with van der Waals surface area (Å²) in [6, 6.07) is 1.60. The Hall–Kier alpha value is -0.390. The number of aryl methyl sites for hydroxylation is 1. The molecule has 1 aromatic heterocycles. The fourth-order valence-electron chi connectivity index (χ4n) is 0.624. The molecule has 0 fully saturated rings. The van der Waals surface area contributed by atoms with E-state index in [2.05, 4.69) is 5.10 Å². The second-order valence-electron chi connectivity index (χ2n) is 1.92. The Bertz CT molecular complexity index is 281. The number of rotatable bonds is 1. The van der Waals surface area contributed by atoms with Gasteiger partial charge in [-0.3, -0.25) is 4.79 Å². The third-order valence-electron chi connectivity index (χ3n) is 1.22. The highest BCUT2D eigenvalue weighted by Gasteiger charge is 1.93. The van der Waals surface area contributed by atoms with Crippen LogP contribution in [0.1, 0.15) is 12.5 Å². The summed E-state index contributed by atoms with van der Waals surface area (Å²) in [6.45, 7) is 1.99. The van der Waals surface area contributed by atoms with Crippen LogP contribution in [0.3, 0.4) is 0 Å². The molecule has 0 aliphatic heterocycles. The number of halogens is 1. The van der Waals surface area contributed by atoms with Gasteiger partial charge in [0.05, 0.1) is 29.1 Å². The molecule has 54 valence electrons. The molecule has 10 heavy (non-hydrogen) atoms. The molecule has 0 aromatic carbocycles. The Morgan fingerprint density at radius 3 is 3.00 bits per heavy atom. The summed E-state index contributed by atoms with van der Waals surface area (Å²) in [5.74, 6) is 0. The molecular weight excluding hydrogens is 243 g/mol. The second kappa shape index (κ2) is 3.14. The topological polar surface area (TPSA) is 34.9 Å². The van der Waals surface area contributed by atoms with Crippen molar-refractivity contribution in [3.63, 3.8) is 0 Å². The first kappa shape index (κ1) is 7.71. The van der Waals surface area contributed by atoms with Crippen molar-refractivity contribution in [1.29, 1.82) is 0 Å². The molecule has 3 nitrogen and oxygen atoms in total. The molecule has 4 heteroatoms. The Kier molecular flexibility index (Phi) is 2.42. The van der Waals surface area contributed by atoms with E-state index in [0.29, 0.717) is 0 Å². The molecule has 0 bridgehead atoms. The lowest BCUT2D eigenvalue weighted by Gasteiger charge is -1.93. The van der Waals surface area contributed by atoms with Gasteiger partial charge < -0.3 is 0 Å². The van der Waals surface area contributed by atoms with E-state index in [0.717, 1.165) is 12.0 Å². The number of nitrogens with zero attached hydrogens (tertiary/aromatic N) is 2. The highest BCUT2D eigenvalue weighted by Crippen LogP contribution is 1.92. The largest absolute Gasteiger partial charge is 0.276 e. The summed E-state index contributed by atoms with van der Waals surface area (Å²) >= 11 is 1.85. The fourth-order valence-corrected chi connectivity index (χ4v) is 0.888. The van der Waals surface area contributed by atoms with Gasteiger partial charge in [0.15, 0.2) is 0 Å². The van der Waals surface area contributed by atoms with Crippen LogP contribution >= 0.6 is 22.9 Å². The first-order valence-electron chi connectivity index (χ1n) is 2.98. The molecule has 0 aliphatic rings. The minimum Gasteiger partial charge on any atom is -0.267 e. The van der Waals surface area contributed by atoms with Crippen molar-refractivity contribution in [2.24, 2.45) is 0 Å². The monoisotopic (exact) mass is 250 g/mol. The minimum atomic E-state index is -0.0556. The summed E-state index contributed by atoms with van der Waals surface area (Å²) < 4.78 is 1.29. The Balaban J connectivity index is 3.17. The fraction of sp³-hybridized carbons (Fsp3) is 0.333. The molecule has 0 saturated carbocycles. The first-order chi connectivity index (χ1) is 4.74. The molecular formula is C6H7IN2O. The molecule has 0 amide bonds. The number of aromatic nitrogens is 2. The van der Waals surface area contributed by atoms with E-state index in [9.17, 15) is 4.79 Å². The van der Waals surface area contributed by atoms with E-state index in [1.54, 1.807) is 12.3 Å². The van der Waals surface area contributed by atoms with Crippen LogP contribution in [-0.2, 0) is 6.42 Å². The lowest BCUT2D eigenvalue weighted by atomic mass is 10.2. The van der Waals surface area contributed by atoms with E-state index >= 15 is 0 Å². The zero-order valence-corrected chi connectivity index (χ0v) is 7.70. The van der Waals surface area contributed by atoms with Gasteiger partial charge in [-0.15, -0.1) is 0 Å². The summed E-state index contributed by atoms with van der Waals surface area (Å²) in [4.78, 5) is 10.9. The van der Waals surface area contributed by atoms with Crippen LogP contribution in [0.15, 0.2) is 17.1 Å². The van der Waals surface area contributed by atoms with Crippen molar-refractivity contribution < 1.29 is 0 Å². The average Bonchev–Trinajstić information content (AvgIpc) is 1.95. The maximum absolute atomic E-state index is 10.9. The lowest BCUT2D eigenvalue weighted by molar-refractivity contribution is 0.924. The smallest absolute Gasteiger partial charge is 0.267 e. The van der Waals surface area contributed by atoms with Crippen molar-refractivity contribution in [3.8, 4) is 0 Å². The van der Waals surface area contributed by atoms with Crippen molar-refractivity contribution >= 4 is 22.9 Å². The lowest BCUT2D eigenvalue weighted by Crippen LogP contribution is -2.13. The average molecular weight is 250 g/mol. The van der Waals surface area contributed by atoms with Crippen molar-refractivity contribution in [2.45, 2.75) is 13.3 Å². The zero-order valence-electron chi connectivity index (χ0n) is 5.54. The summed E-state index contributed by atoms with van der Waals surface area (Å²) in [5, 5.41) is 3.84. The van der Waals surface area contributed by atoms with Crippen LogP contribution in [0.25, 0.3) is 0 Å². The third-order valence-corrected chi connectivity index (χ3v) is 1.95. The molecule has 1 rings (SSSR count). The van der Waals surface area contributed by atoms with Gasteiger partial charge in [0.2, 0.25) is 0 Å². The summed E-state index contributed by atoms with van der Waals surface area (Å²) in [6.07, 6.45) is 2.56. The second-order valence-corrected chi connectivity index (χ2v) is 2.83. The molecule has 0 atom stereocenters. The highest BCUT2D eigenvalue weighted by molar-refractivity contribution is 14.1. The molecule has 0 N–H and O–H groups in total. The van der Waals surface area contributed by atoms with Crippen molar-refractivity contribution in [3.05, 3.63) is 28.2 Å². The molecule has 0 aliphatic carbocycles. The van der Waals surface area contributed by atoms with Gasteiger partial charge in [0.25, 0.3) is 5.56 Å². The van der Waals surface area contributed by atoms with Gasteiger partial charge in [0.1, 0.15) is 0 Å². The molecule has 1 heterocycles. The zero-order chi connectivity index (χ0) is 7.56. The molecule has 1 aromatic rings. The maximum atomic E-state index is 10.9. The van der Waals surface area contributed by atoms with Crippen LogP contribution in [-0.4, -0.2) is 7.99 Å². The number of hydrogen-bond acceptors (Lipinski definition) is 2. The van der Waals surface area contributed by atoms with Gasteiger partial charge in [-0.1, -0.05) is 6.92 Å². The molecule has 0 saturated heterocycles. The molecule has 0 spiro atoms. The summed E-state index contributed by atoms with van der Waals surface area (Å²) in [5.41, 5.74) is 0.929. The van der Waals surface area contributed by atoms with E-state index in [-0.39, 0.29) is 5.56 Å². The normalized spacial score (nSPS) is 9.80. The van der Waals surface area contributed by atoms with Crippen LogP contribution in [0.2, 0.25) is 0 Å². The van der Waals surface area contributed by atoms with Gasteiger partial charge in [-0.05, 0) is 12.0 Å². The Labute approximate surface area is 72.6 Å². The van der Waals surface area contributed by atoms with Gasteiger partial charge in [-0.25, -0.2) is 0 Å². The van der Waals surface area contributed by atoms with Crippen LogP contribution in [0.4, 0.5) is 0 Å². The first-order valence-corrected chi connectivity index (χ1v) is 3.95. The number of hydrogen-bond donors (Lipinski definition) is 0. The Morgan fingerprint density at radius 2 is 2.50 bits per heavy atom. The van der Waals surface area contributed by atoms with E-state index < -0.39 is 0 Å². The van der Waals surface area contributed by atoms with Crippen LogP contribution in [0, 0.1) is 0 Å². The van der Waals surface area contributed by atoms with E-state index in [1.165, 1.54) is 2.90 Å². The Morgan fingerprint density at radius 1 is 1.80 bits per heavy atom. The predicted molar refractivity (Wildman–Crippen MR) is 47.3 cm³/mol. The third kappa shape index (κ3) is 1.56. The van der Waals surface area contributed by atoms with Crippen molar-refractivity contribution in [2.75, 3.05) is 0 Å². The van der Waals surface area contributed by atoms with E-state index in [1.807, 2.05) is 29.8 Å². The van der Waals surface area contributed by atoms with Gasteiger partial charge in [0, 0.05) is 6.07 Å². The van der Waals surface area contributed by atoms with E-state index in [4.69, 9.17) is 0 Å². The predicted octanol–water partition coefficient (Wildman–Crippen LogP) is 1.00. The highest BCUT2D eigenvalue weighted by atomic mass is 127. The minimum absolute atomic E-state index is 0.0556. The quantitative estimate of drug-likeness (QED) is 0.697. The van der Waals surface area contributed by atoms with Crippen LogP contribution in [0.5, 0.6) is 0 Å². The molecule has 0 unspecified atom stereocenters. The van der Waals surface area contributed by atoms with Gasteiger partial charge in [-0.2, -0.15) is 7.99 Å². The summed E-state index contributed by atoms with van der Waals surface area (Å²) in [7, 11) is 0.